The van der Waals surface area contributed by atoms with Crippen LogP contribution in [0.1, 0.15) is 37.0 Å². The number of esters is 1. The van der Waals surface area contributed by atoms with Crippen molar-refractivity contribution in [1.82, 2.24) is 20.1 Å². The number of hydrogen-bond acceptors (Lipinski definition) is 9. The number of nitrogens with zero attached hydrogens (tertiary/aromatic N) is 4. The average molecular weight is 348 g/mol. The molecule has 23 heavy (non-hydrogen) atoms. The monoisotopic (exact) mass is 348 g/mol. The van der Waals surface area contributed by atoms with Gasteiger partial charge in [-0.05, 0) is 13.8 Å². The van der Waals surface area contributed by atoms with Crippen molar-refractivity contribution in [2.45, 2.75) is 32.3 Å². The molecule has 11 heteroatoms. The van der Waals surface area contributed by atoms with Crippen molar-refractivity contribution in [1.29, 1.82) is 0 Å². The van der Waals surface area contributed by atoms with Gasteiger partial charge >= 0.3 is 13.6 Å². The number of ether oxygens (including phenoxy) is 1. The molecule has 0 spiro atoms. The number of carbonyl (C=O) groups excluding carboxylic acids is 1. The van der Waals surface area contributed by atoms with E-state index >= 15 is 0 Å². The van der Waals surface area contributed by atoms with Gasteiger partial charge in [0.25, 0.3) is 0 Å². The van der Waals surface area contributed by atoms with Crippen LogP contribution in [-0.2, 0) is 23.2 Å². The number of carbonyl (C=O) groups is 1. The fourth-order valence-corrected chi connectivity index (χ4v) is 4.33. The van der Waals surface area contributed by atoms with E-state index in [0.29, 0.717) is 6.42 Å². The normalized spacial score (nSPS) is 22.4. The highest BCUT2D eigenvalue weighted by atomic mass is 31.2. The predicted octanol–water partition coefficient (Wildman–Crippen LogP) is 1.42. The Labute approximate surface area is 134 Å². The van der Waals surface area contributed by atoms with Crippen LogP contribution in [0.4, 0.5) is 0 Å². The first kappa shape index (κ1) is 18.0. The maximum Gasteiger partial charge on any atom is 0.360 e. The van der Waals surface area contributed by atoms with Gasteiger partial charge in [-0.3, -0.25) is 9.40 Å². The molecule has 0 saturated carbocycles. The van der Waals surface area contributed by atoms with E-state index in [-0.39, 0.29) is 18.9 Å². The zero-order valence-corrected chi connectivity index (χ0v) is 14.4. The van der Waals surface area contributed by atoms with Gasteiger partial charge in [-0.25, -0.2) is 9.48 Å². The third-order valence-electron chi connectivity index (χ3n) is 3.30. The summed E-state index contributed by atoms with van der Waals surface area (Å²) in [7, 11) is -0.443. The topological polar surface area (TPSA) is 105 Å². The van der Waals surface area contributed by atoms with Crippen LogP contribution < -0.4 is 0 Å². The van der Waals surface area contributed by atoms with E-state index in [1.807, 2.05) is 0 Å². The molecule has 0 aromatic carbocycles. The van der Waals surface area contributed by atoms with Crippen molar-refractivity contribution in [3.63, 3.8) is 0 Å². The van der Waals surface area contributed by atoms with Crippen LogP contribution in [0.2, 0.25) is 0 Å². The van der Waals surface area contributed by atoms with E-state index in [1.165, 1.54) is 23.1 Å². The molecule has 0 bridgehead atoms. The number of rotatable bonds is 7. The van der Waals surface area contributed by atoms with Gasteiger partial charge in [0.05, 0.1) is 26.5 Å². The molecular formula is C12H21N4O6P. The first-order valence-corrected chi connectivity index (χ1v) is 8.84. The zero-order chi connectivity index (χ0) is 17.0. The average Bonchev–Trinajstić information content (AvgIpc) is 3.13. The number of hydroxylamine groups is 2. The van der Waals surface area contributed by atoms with Gasteiger partial charge in [0, 0.05) is 13.5 Å². The summed E-state index contributed by atoms with van der Waals surface area (Å²) in [6, 6.07) is 0. The van der Waals surface area contributed by atoms with Crippen LogP contribution in [-0.4, -0.2) is 59.2 Å². The van der Waals surface area contributed by atoms with Gasteiger partial charge in [0.1, 0.15) is 5.78 Å². The van der Waals surface area contributed by atoms with E-state index in [1.54, 1.807) is 20.9 Å². The van der Waals surface area contributed by atoms with Crippen molar-refractivity contribution in [2.75, 3.05) is 27.4 Å². The maximum atomic E-state index is 12.9. The van der Waals surface area contributed by atoms with Gasteiger partial charge in [0.2, 0.25) is 0 Å². The molecule has 1 aliphatic rings. The molecule has 2 rings (SSSR count). The van der Waals surface area contributed by atoms with Gasteiger partial charge < -0.3 is 13.8 Å². The van der Waals surface area contributed by atoms with Crippen molar-refractivity contribution in [3.05, 3.63) is 11.9 Å². The quantitative estimate of drug-likeness (QED) is 0.534. The molecule has 130 valence electrons. The van der Waals surface area contributed by atoms with Gasteiger partial charge in [-0.15, -0.1) is 5.10 Å². The molecule has 1 aromatic rings. The molecule has 2 atom stereocenters. The largest absolute Gasteiger partial charge is 0.464 e. The SMILES string of the molecule is CCOP(=O)(OCC)[C@@H]1C[C@@H](n2cc(C(=O)OC)nn2)ON1C. The number of methoxy groups -OCH3 is 1. The van der Waals surface area contributed by atoms with Crippen LogP contribution in [0.3, 0.4) is 0 Å². The fraction of sp³-hybridized carbons (Fsp3) is 0.750. The summed E-state index contributed by atoms with van der Waals surface area (Å²) in [5.74, 6) is -1.16. The summed E-state index contributed by atoms with van der Waals surface area (Å²) in [4.78, 5) is 17.1. The lowest BCUT2D eigenvalue weighted by Gasteiger charge is -2.25. The Hall–Kier alpha value is -1.32. The molecule has 1 fully saturated rings. The second-order valence-electron chi connectivity index (χ2n) is 4.77. The summed E-state index contributed by atoms with van der Waals surface area (Å²) in [5.41, 5.74) is 0.0694. The first-order valence-electron chi connectivity index (χ1n) is 7.23. The summed E-state index contributed by atoms with van der Waals surface area (Å²) < 4.78 is 29.6. The molecule has 1 aromatic heterocycles. The van der Waals surface area contributed by atoms with E-state index in [9.17, 15) is 9.36 Å². The molecule has 0 aliphatic carbocycles. The maximum absolute atomic E-state index is 12.9. The second-order valence-corrected chi connectivity index (χ2v) is 6.97. The number of hydrogen-bond donors (Lipinski definition) is 0. The van der Waals surface area contributed by atoms with Gasteiger partial charge in [0.15, 0.2) is 11.9 Å². The van der Waals surface area contributed by atoms with Crippen molar-refractivity contribution < 1.29 is 28.0 Å². The molecule has 1 saturated heterocycles. The Morgan fingerprint density at radius 1 is 1.43 bits per heavy atom. The van der Waals surface area contributed by atoms with Crippen molar-refractivity contribution >= 4 is 13.6 Å². The molecular weight excluding hydrogens is 327 g/mol. The van der Waals surface area contributed by atoms with Crippen LogP contribution in [0.15, 0.2) is 6.20 Å². The van der Waals surface area contributed by atoms with Crippen LogP contribution >= 0.6 is 7.60 Å². The number of aromatic nitrogens is 3. The Morgan fingerprint density at radius 2 is 2.09 bits per heavy atom. The van der Waals surface area contributed by atoms with Gasteiger partial charge in [-0.1, -0.05) is 5.21 Å². The standard InChI is InChI=1S/C12H21N4O6P/c1-5-20-23(18,21-6-2)11-7-10(22-15(11)3)16-8-9(13-14-16)12(17)19-4/h8,10-11H,5-7H2,1-4H3/t10-,11+/m0/s1. The van der Waals surface area contributed by atoms with Crippen molar-refractivity contribution in [3.8, 4) is 0 Å². The van der Waals surface area contributed by atoms with Crippen molar-refractivity contribution in [2.24, 2.45) is 0 Å². The van der Waals surface area contributed by atoms with Gasteiger partial charge in [-0.2, -0.15) is 5.06 Å². The highest BCUT2D eigenvalue weighted by Gasteiger charge is 2.47. The molecule has 0 unspecified atom stereocenters. The lowest BCUT2D eigenvalue weighted by molar-refractivity contribution is -0.162. The molecule has 0 amide bonds. The first-order chi connectivity index (χ1) is 10.9. The van der Waals surface area contributed by atoms with E-state index in [2.05, 4.69) is 15.0 Å². The summed E-state index contributed by atoms with van der Waals surface area (Å²) in [5, 5.41) is 9.02. The summed E-state index contributed by atoms with van der Waals surface area (Å²) in [6.07, 6.45) is 1.17. The van der Waals surface area contributed by atoms with Crippen LogP contribution in [0.25, 0.3) is 0 Å². The lowest BCUT2D eigenvalue weighted by Crippen LogP contribution is -2.25. The van der Waals surface area contributed by atoms with E-state index < -0.39 is 25.6 Å². The third-order valence-corrected chi connectivity index (χ3v) is 5.81. The zero-order valence-electron chi connectivity index (χ0n) is 13.5. The Kier molecular flexibility index (Phi) is 5.88. The summed E-state index contributed by atoms with van der Waals surface area (Å²) in [6.45, 7) is 4.03. The molecule has 2 heterocycles. The predicted molar refractivity (Wildman–Crippen MR) is 78.5 cm³/mol. The Bertz CT molecular complexity index is 584. The lowest BCUT2D eigenvalue weighted by atomic mass is 10.4. The van der Waals surface area contributed by atoms with Crippen LogP contribution in [0.5, 0.6) is 0 Å². The molecule has 0 N–H and O–H groups in total. The highest BCUT2D eigenvalue weighted by molar-refractivity contribution is 7.54. The van der Waals surface area contributed by atoms with E-state index in [0.717, 1.165) is 0 Å². The van der Waals surface area contributed by atoms with Crippen LogP contribution in [0, 0.1) is 0 Å². The van der Waals surface area contributed by atoms with E-state index in [4.69, 9.17) is 13.9 Å². The summed E-state index contributed by atoms with van der Waals surface area (Å²) >= 11 is 0. The fourth-order valence-electron chi connectivity index (χ4n) is 2.30. The molecule has 0 radical (unpaired) electrons. The minimum absolute atomic E-state index is 0.0694. The highest BCUT2D eigenvalue weighted by Crippen LogP contribution is 2.58. The Morgan fingerprint density at radius 3 is 2.65 bits per heavy atom. The second kappa shape index (κ2) is 7.50. The minimum atomic E-state index is -3.35. The smallest absolute Gasteiger partial charge is 0.360 e. The molecule has 1 aliphatic heterocycles. The Balaban J connectivity index is 2.15. The third kappa shape index (κ3) is 3.78. The minimum Gasteiger partial charge on any atom is -0.464 e. The molecule has 10 nitrogen and oxygen atoms in total.